The van der Waals surface area contributed by atoms with Gasteiger partial charge in [-0.25, -0.2) is 9.50 Å². The van der Waals surface area contributed by atoms with Crippen LogP contribution in [-0.2, 0) is 6.54 Å². The summed E-state index contributed by atoms with van der Waals surface area (Å²) >= 11 is 0. The highest BCUT2D eigenvalue weighted by Gasteiger charge is 2.07. The fraction of sp³-hybridized carbons (Fsp3) is 0.143. The summed E-state index contributed by atoms with van der Waals surface area (Å²) in [6.07, 6.45) is 3.50. The van der Waals surface area contributed by atoms with Gasteiger partial charge in [-0.1, -0.05) is 12.1 Å². The largest absolute Gasteiger partial charge is 0.326 e. The Morgan fingerprint density at radius 2 is 2.17 bits per heavy atom. The van der Waals surface area contributed by atoms with Crippen LogP contribution < -0.4 is 5.73 Å². The molecule has 4 nitrogen and oxygen atoms in total. The lowest BCUT2D eigenvalue weighted by Crippen LogP contribution is -2.00. The van der Waals surface area contributed by atoms with Crippen molar-refractivity contribution in [3.8, 4) is 11.3 Å². The zero-order valence-corrected chi connectivity index (χ0v) is 10.2. The topological polar surface area (TPSA) is 56.2 Å². The molecule has 2 heterocycles. The molecule has 2 N–H and O–H groups in total. The fourth-order valence-corrected chi connectivity index (χ4v) is 2.16. The third-order valence-electron chi connectivity index (χ3n) is 3.17. The van der Waals surface area contributed by atoms with Crippen molar-refractivity contribution in [1.29, 1.82) is 0 Å². The third-order valence-corrected chi connectivity index (χ3v) is 3.17. The average Bonchev–Trinajstić information content (AvgIpc) is 2.86. The SMILES string of the molecule is Cc1cc(-c2ncnn3cccc23)ccc1CN. The first kappa shape index (κ1) is 10.9. The Hall–Kier alpha value is -2.20. The summed E-state index contributed by atoms with van der Waals surface area (Å²) < 4.78 is 1.83. The number of nitrogens with two attached hydrogens (primary N) is 1. The molecule has 0 amide bonds. The van der Waals surface area contributed by atoms with Crippen LogP contribution in [0.5, 0.6) is 0 Å². The molecule has 90 valence electrons. The second-order valence-corrected chi connectivity index (χ2v) is 4.29. The summed E-state index contributed by atoms with van der Waals surface area (Å²) in [5, 5.41) is 4.17. The smallest absolute Gasteiger partial charge is 0.137 e. The predicted octanol–water partition coefficient (Wildman–Crippen LogP) is 2.16. The van der Waals surface area contributed by atoms with Gasteiger partial charge in [0.2, 0.25) is 0 Å². The minimum atomic E-state index is 0.566. The number of aromatic nitrogens is 3. The second-order valence-electron chi connectivity index (χ2n) is 4.29. The summed E-state index contributed by atoms with van der Waals surface area (Å²) in [6.45, 7) is 2.64. The first-order valence-electron chi connectivity index (χ1n) is 5.88. The molecular formula is C14H14N4. The molecule has 4 heteroatoms. The maximum Gasteiger partial charge on any atom is 0.137 e. The van der Waals surface area contributed by atoms with Crippen LogP contribution in [0.15, 0.2) is 42.9 Å². The summed E-state index contributed by atoms with van der Waals surface area (Å²) in [5.74, 6) is 0. The van der Waals surface area contributed by atoms with E-state index in [1.54, 1.807) is 6.33 Å². The molecule has 3 rings (SSSR count). The molecule has 0 bridgehead atoms. The molecule has 0 aliphatic carbocycles. The molecule has 1 aromatic carbocycles. The molecular weight excluding hydrogens is 224 g/mol. The van der Waals surface area contributed by atoms with Gasteiger partial charge < -0.3 is 5.73 Å². The molecule has 0 aliphatic rings. The van der Waals surface area contributed by atoms with Gasteiger partial charge >= 0.3 is 0 Å². The van der Waals surface area contributed by atoms with Crippen molar-refractivity contribution in [1.82, 2.24) is 14.6 Å². The van der Waals surface area contributed by atoms with Gasteiger partial charge in [0.25, 0.3) is 0 Å². The summed E-state index contributed by atoms with van der Waals surface area (Å²) in [7, 11) is 0. The Kier molecular flexibility index (Phi) is 2.57. The van der Waals surface area contributed by atoms with Gasteiger partial charge in [0.05, 0.1) is 11.2 Å². The van der Waals surface area contributed by atoms with Crippen LogP contribution in [-0.4, -0.2) is 14.6 Å². The molecule has 0 saturated heterocycles. The van der Waals surface area contributed by atoms with E-state index in [2.05, 4.69) is 35.2 Å². The molecule has 0 aliphatic heterocycles. The van der Waals surface area contributed by atoms with E-state index in [1.807, 2.05) is 22.8 Å². The van der Waals surface area contributed by atoms with E-state index in [1.165, 1.54) is 11.1 Å². The van der Waals surface area contributed by atoms with Crippen LogP contribution in [0, 0.1) is 6.92 Å². The van der Waals surface area contributed by atoms with E-state index in [0.29, 0.717) is 6.54 Å². The maximum atomic E-state index is 5.68. The fourth-order valence-electron chi connectivity index (χ4n) is 2.16. The molecule has 0 radical (unpaired) electrons. The number of hydrogen-bond donors (Lipinski definition) is 1. The van der Waals surface area contributed by atoms with Crippen LogP contribution in [0.1, 0.15) is 11.1 Å². The Bertz CT molecular complexity index is 700. The van der Waals surface area contributed by atoms with Crippen molar-refractivity contribution in [2.24, 2.45) is 5.73 Å². The van der Waals surface area contributed by atoms with Gasteiger partial charge in [-0.05, 0) is 36.2 Å². The molecule has 2 aromatic heterocycles. The van der Waals surface area contributed by atoms with Gasteiger partial charge in [0.15, 0.2) is 0 Å². The lowest BCUT2D eigenvalue weighted by atomic mass is 10.0. The average molecular weight is 238 g/mol. The van der Waals surface area contributed by atoms with Crippen LogP contribution in [0.25, 0.3) is 16.8 Å². The standard InChI is InChI=1S/C14H14N4/c1-10-7-11(4-5-12(10)8-15)14-13-3-2-6-18(13)17-9-16-14/h2-7,9H,8,15H2,1H3. The lowest BCUT2D eigenvalue weighted by molar-refractivity contribution is 0.906. The van der Waals surface area contributed by atoms with E-state index in [4.69, 9.17) is 5.73 Å². The zero-order valence-electron chi connectivity index (χ0n) is 10.2. The van der Waals surface area contributed by atoms with E-state index < -0.39 is 0 Å². The van der Waals surface area contributed by atoms with E-state index in [-0.39, 0.29) is 0 Å². The van der Waals surface area contributed by atoms with Crippen molar-refractivity contribution < 1.29 is 0 Å². The van der Waals surface area contributed by atoms with Crippen LogP contribution in [0.3, 0.4) is 0 Å². The number of hydrogen-bond acceptors (Lipinski definition) is 3. The number of nitrogens with zero attached hydrogens (tertiary/aromatic N) is 3. The number of fused-ring (bicyclic) bond motifs is 1. The molecule has 3 aromatic rings. The van der Waals surface area contributed by atoms with Gasteiger partial charge in [-0.15, -0.1) is 0 Å². The van der Waals surface area contributed by atoms with E-state index in [0.717, 1.165) is 16.8 Å². The minimum absolute atomic E-state index is 0.566. The molecule has 0 spiro atoms. The molecule has 0 atom stereocenters. The van der Waals surface area contributed by atoms with Crippen molar-refractivity contribution in [3.63, 3.8) is 0 Å². The second kappa shape index (κ2) is 4.23. The number of rotatable bonds is 2. The molecule has 0 unspecified atom stereocenters. The zero-order chi connectivity index (χ0) is 12.5. The van der Waals surface area contributed by atoms with E-state index in [9.17, 15) is 0 Å². The Balaban J connectivity index is 2.20. The van der Waals surface area contributed by atoms with Crippen LogP contribution in [0.4, 0.5) is 0 Å². The molecule has 0 saturated carbocycles. The Morgan fingerprint density at radius 3 is 2.94 bits per heavy atom. The summed E-state index contributed by atoms with van der Waals surface area (Å²) in [5.41, 5.74) is 11.1. The van der Waals surface area contributed by atoms with Crippen molar-refractivity contribution in [2.75, 3.05) is 0 Å². The normalized spacial score (nSPS) is 11.0. The Labute approximate surface area is 105 Å². The first-order chi connectivity index (χ1) is 8.79. The Morgan fingerprint density at radius 1 is 1.28 bits per heavy atom. The highest BCUT2D eigenvalue weighted by Crippen LogP contribution is 2.24. The van der Waals surface area contributed by atoms with Gasteiger partial charge in [-0.3, -0.25) is 0 Å². The van der Waals surface area contributed by atoms with Crippen molar-refractivity contribution in [2.45, 2.75) is 13.5 Å². The quantitative estimate of drug-likeness (QED) is 0.744. The highest BCUT2D eigenvalue weighted by molar-refractivity contribution is 5.76. The van der Waals surface area contributed by atoms with Gasteiger partial charge in [0, 0.05) is 18.3 Å². The van der Waals surface area contributed by atoms with Gasteiger partial charge in [-0.2, -0.15) is 5.10 Å². The predicted molar refractivity (Wildman–Crippen MR) is 71.1 cm³/mol. The number of benzene rings is 1. The van der Waals surface area contributed by atoms with Crippen molar-refractivity contribution in [3.05, 3.63) is 54.0 Å². The summed E-state index contributed by atoms with van der Waals surface area (Å²) in [4.78, 5) is 4.38. The van der Waals surface area contributed by atoms with Gasteiger partial charge in [0.1, 0.15) is 6.33 Å². The summed E-state index contributed by atoms with van der Waals surface area (Å²) in [6, 6.07) is 10.2. The monoisotopic (exact) mass is 238 g/mol. The van der Waals surface area contributed by atoms with Crippen LogP contribution >= 0.6 is 0 Å². The van der Waals surface area contributed by atoms with Crippen molar-refractivity contribution >= 4 is 5.52 Å². The lowest BCUT2D eigenvalue weighted by Gasteiger charge is -2.07. The highest BCUT2D eigenvalue weighted by atomic mass is 15.2. The maximum absolute atomic E-state index is 5.68. The van der Waals surface area contributed by atoms with Crippen LogP contribution in [0.2, 0.25) is 0 Å². The number of aryl methyl sites for hydroxylation is 1. The molecule has 0 fully saturated rings. The third kappa shape index (κ3) is 1.67. The minimum Gasteiger partial charge on any atom is -0.326 e. The van der Waals surface area contributed by atoms with E-state index >= 15 is 0 Å². The molecule has 18 heavy (non-hydrogen) atoms. The first-order valence-corrected chi connectivity index (χ1v) is 5.88.